The van der Waals surface area contributed by atoms with E-state index in [1.54, 1.807) is 6.08 Å². The molecule has 0 amide bonds. The van der Waals surface area contributed by atoms with Crippen LogP contribution in [0.3, 0.4) is 0 Å². The van der Waals surface area contributed by atoms with Crippen LogP contribution in [0.2, 0.25) is 0 Å². The normalized spacial score (nSPS) is 10.6. The van der Waals surface area contributed by atoms with Gasteiger partial charge in [-0.25, -0.2) is 4.79 Å². The highest BCUT2D eigenvalue weighted by atomic mass is 35.5. The zero-order valence-electron chi connectivity index (χ0n) is 20.2. The van der Waals surface area contributed by atoms with Gasteiger partial charge in [-0.3, -0.25) is 20.2 Å². The number of carbonyl (C=O) groups is 1. The van der Waals surface area contributed by atoms with Crippen LogP contribution in [0.4, 0.5) is 11.4 Å². The van der Waals surface area contributed by atoms with Crippen LogP contribution in [0.5, 0.6) is 0 Å². The standard InChI is InChI=1S/C27H20N2O6.CH2Cl2/c1-18-14-26(19-8-3-2-4-9-19)25(24-11-6-5-10-23(18)24)12-7-13-35-27(30)20-15-21(28(31)32)17-22(16-20)29(33)34;2-1-3/h2-12,14-17H,13H2,1H3;1H2/b12-7+;. The third kappa shape index (κ3) is 6.94. The van der Waals surface area contributed by atoms with Gasteiger partial charge in [0.15, 0.2) is 0 Å². The summed E-state index contributed by atoms with van der Waals surface area (Å²) in [5.74, 6) is -0.890. The van der Waals surface area contributed by atoms with Gasteiger partial charge in [0.1, 0.15) is 6.61 Å². The second kappa shape index (κ2) is 13.3. The smallest absolute Gasteiger partial charge is 0.338 e. The van der Waals surface area contributed by atoms with Crippen LogP contribution in [0.1, 0.15) is 21.5 Å². The van der Waals surface area contributed by atoms with E-state index in [0.29, 0.717) is 0 Å². The number of fused-ring (bicyclic) bond motifs is 1. The highest BCUT2D eigenvalue weighted by Crippen LogP contribution is 2.33. The van der Waals surface area contributed by atoms with Gasteiger partial charge in [-0.15, -0.1) is 23.2 Å². The number of non-ortho nitro benzene ring substituents is 2. The lowest BCUT2D eigenvalue weighted by Crippen LogP contribution is -2.06. The third-order valence-corrected chi connectivity index (χ3v) is 5.53. The number of nitrogens with zero attached hydrogens (tertiary/aromatic N) is 2. The SMILES string of the molecule is Cc1cc(-c2ccccc2)c(/C=C/COC(=O)c2cc([N+](=O)[O-])cc([N+](=O)[O-])c2)c2ccccc12.ClCCl. The molecule has 4 aromatic carbocycles. The largest absolute Gasteiger partial charge is 0.458 e. The number of aryl methyl sites for hydroxylation is 1. The Kier molecular flexibility index (Phi) is 9.92. The van der Waals surface area contributed by atoms with Gasteiger partial charge in [0.2, 0.25) is 0 Å². The summed E-state index contributed by atoms with van der Waals surface area (Å²) in [6, 6.07) is 22.8. The number of halogens is 2. The molecule has 0 N–H and O–H groups in total. The van der Waals surface area contributed by atoms with Crippen molar-refractivity contribution in [3.8, 4) is 11.1 Å². The summed E-state index contributed by atoms with van der Waals surface area (Å²) in [4.78, 5) is 33.0. The maximum Gasteiger partial charge on any atom is 0.338 e. The summed E-state index contributed by atoms with van der Waals surface area (Å²) >= 11 is 9.53. The van der Waals surface area contributed by atoms with Crippen LogP contribution in [-0.4, -0.2) is 27.8 Å². The van der Waals surface area contributed by atoms with Crippen molar-refractivity contribution in [2.24, 2.45) is 0 Å². The Bertz CT molecular complexity index is 1470. The number of carbonyl (C=O) groups excluding carboxylic acids is 1. The van der Waals surface area contributed by atoms with Crippen molar-refractivity contribution in [3.05, 3.63) is 122 Å². The summed E-state index contributed by atoms with van der Waals surface area (Å²) < 4.78 is 5.23. The average molecular weight is 553 g/mol. The van der Waals surface area contributed by atoms with Crippen molar-refractivity contribution in [3.63, 3.8) is 0 Å². The summed E-state index contributed by atoms with van der Waals surface area (Å²) in [7, 11) is 0. The summed E-state index contributed by atoms with van der Waals surface area (Å²) in [6.45, 7) is 1.94. The van der Waals surface area contributed by atoms with Gasteiger partial charge in [-0.1, -0.05) is 66.7 Å². The number of benzene rings is 4. The van der Waals surface area contributed by atoms with Gasteiger partial charge in [0.05, 0.1) is 26.8 Å². The molecule has 0 aliphatic rings. The minimum atomic E-state index is -0.890. The number of nitro benzene ring substituents is 2. The first-order valence-electron chi connectivity index (χ1n) is 11.2. The molecule has 0 radical (unpaired) electrons. The Balaban J connectivity index is 0.00000127. The molecule has 0 fully saturated rings. The molecule has 0 unspecified atom stereocenters. The minimum absolute atomic E-state index is 0.119. The molecule has 0 spiro atoms. The van der Waals surface area contributed by atoms with Crippen LogP contribution in [-0.2, 0) is 4.74 Å². The molecule has 0 saturated heterocycles. The van der Waals surface area contributed by atoms with Gasteiger partial charge >= 0.3 is 5.97 Å². The van der Waals surface area contributed by atoms with Crippen LogP contribution in [0.15, 0.2) is 84.9 Å². The van der Waals surface area contributed by atoms with Crippen LogP contribution >= 0.6 is 23.2 Å². The molecule has 0 aromatic heterocycles. The number of hydrogen-bond donors (Lipinski definition) is 0. The summed E-state index contributed by atoms with van der Waals surface area (Å²) in [6.07, 6.45) is 3.54. The zero-order chi connectivity index (χ0) is 27.7. The summed E-state index contributed by atoms with van der Waals surface area (Å²) in [5.41, 5.74) is 2.79. The van der Waals surface area contributed by atoms with Crippen LogP contribution in [0.25, 0.3) is 28.0 Å². The molecule has 0 aliphatic carbocycles. The molecule has 0 saturated carbocycles. The van der Waals surface area contributed by atoms with Gasteiger partial charge in [-0.2, -0.15) is 0 Å². The first-order chi connectivity index (χ1) is 18.3. The van der Waals surface area contributed by atoms with E-state index in [-0.39, 0.29) is 17.5 Å². The van der Waals surface area contributed by atoms with Crippen molar-refractivity contribution in [1.29, 1.82) is 0 Å². The van der Waals surface area contributed by atoms with Crippen molar-refractivity contribution >= 4 is 57.4 Å². The van der Waals surface area contributed by atoms with E-state index in [0.717, 1.165) is 51.2 Å². The van der Waals surface area contributed by atoms with Crippen LogP contribution in [0, 0.1) is 27.2 Å². The monoisotopic (exact) mass is 552 g/mol. The van der Waals surface area contributed by atoms with Crippen LogP contribution < -0.4 is 0 Å². The molecule has 0 bridgehead atoms. The Labute approximate surface area is 228 Å². The molecule has 0 atom stereocenters. The molecular weight excluding hydrogens is 531 g/mol. The Hall–Kier alpha value is -4.27. The average Bonchev–Trinajstić information content (AvgIpc) is 2.92. The van der Waals surface area contributed by atoms with E-state index >= 15 is 0 Å². The molecule has 10 heteroatoms. The van der Waals surface area contributed by atoms with Gasteiger partial charge in [0.25, 0.3) is 11.4 Å². The van der Waals surface area contributed by atoms with E-state index in [9.17, 15) is 25.0 Å². The van der Waals surface area contributed by atoms with Crippen molar-refractivity contribution in [2.45, 2.75) is 6.92 Å². The molecule has 0 aliphatic heterocycles. The van der Waals surface area contributed by atoms with E-state index in [1.807, 2.05) is 60.7 Å². The van der Waals surface area contributed by atoms with Crippen molar-refractivity contribution in [1.82, 2.24) is 0 Å². The summed E-state index contributed by atoms with van der Waals surface area (Å²) in [5, 5.41) is 24.5. The van der Waals surface area contributed by atoms with E-state index in [4.69, 9.17) is 27.9 Å². The highest BCUT2D eigenvalue weighted by Gasteiger charge is 2.20. The zero-order valence-corrected chi connectivity index (χ0v) is 21.7. The number of alkyl halides is 2. The highest BCUT2D eigenvalue weighted by molar-refractivity contribution is 6.40. The Morgan fingerprint density at radius 2 is 1.42 bits per heavy atom. The first-order valence-corrected chi connectivity index (χ1v) is 12.3. The maximum absolute atomic E-state index is 12.4. The second-order valence-corrected chi connectivity index (χ2v) is 8.73. The molecule has 194 valence electrons. The van der Waals surface area contributed by atoms with Crippen molar-refractivity contribution < 1.29 is 19.4 Å². The fourth-order valence-electron chi connectivity index (χ4n) is 3.91. The first kappa shape index (κ1) is 28.3. The molecule has 0 heterocycles. The topological polar surface area (TPSA) is 113 Å². The predicted octanol–water partition coefficient (Wildman–Crippen LogP) is 7.92. The third-order valence-electron chi connectivity index (χ3n) is 5.53. The van der Waals surface area contributed by atoms with Gasteiger partial charge in [-0.05, 0) is 46.0 Å². The molecule has 4 rings (SSSR count). The van der Waals surface area contributed by atoms with E-state index in [2.05, 4.69) is 13.0 Å². The molecular formula is C28H22Cl2N2O6. The molecule has 4 aromatic rings. The number of hydrogen-bond acceptors (Lipinski definition) is 6. The van der Waals surface area contributed by atoms with E-state index in [1.165, 1.54) is 0 Å². The lowest BCUT2D eigenvalue weighted by Gasteiger charge is -2.13. The lowest BCUT2D eigenvalue weighted by molar-refractivity contribution is -0.394. The quantitative estimate of drug-likeness (QED) is 0.0994. The predicted molar refractivity (Wildman–Crippen MR) is 150 cm³/mol. The number of esters is 1. The maximum atomic E-state index is 12.4. The molecule has 8 nitrogen and oxygen atoms in total. The Morgan fingerprint density at radius 1 is 0.868 bits per heavy atom. The number of rotatable bonds is 7. The van der Waals surface area contributed by atoms with E-state index < -0.39 is 27.2 Å². The second-order valence-electron chi connectivity index (χ2n) is 7.92. The Morgan fingerprint density at radius 3 is 2.00 bits per heavy atom. The fourth-order valence-corrected chi connectivity index (χ4v) is 3.91. The van der Waals surface area contributed by atoms with Gasteiger partial charge < -0.3 is 4.74 Å². The van der Waals surface area contributed by atoms with Crippen molar-refractivity contribution in [2.75, 3.05) is 11.9 Å². The number of nitro groups is 2. The fraction of sp³-hybridized carbons (Fsp3) is 0.107. The minimum Gasteiger partial charge on any atom is -0.458 e. The lowest BCUT2D eigenvalue weighted by atomic mass is 9.91. The molecule has 38 heavy (non-hydrogen) atoms. The van der Waals surface area contributed by atoms with Gasteiger partial charge in [0, 0.05) is 12.1 Å². The number of ether oxygens (including phenoxy) is 1.